The molecule has 0 aromatic carbocycles. The van der Waals surface area contributed by atoms with Crippen molar-refractivity contribution in [3.05, 3.63) is 23.6 Å². The predicted molar refractivity (Wildman–Crippen MR) is 81.0 cm³/mol. The molecule has 0 fully saturated rings. The molecule has 1 amide bonds. The number of amides is 1. The van der Waals surface area contributed by atoms with Crippen molar-refractivity contribution in [3.8, 4) is 0 Å². The van der Waals surface area contributed by atoms with Gasteiger partial charge in [-0.05, 0) is 25.3 Å². The topological polar surface area (TPSA) is 63.2 Å². The van der Waals surface area contributed by atoms with Gasteiger partial charge >= 0.3 is 0 Å². The summed E-state index contributed by atoms with van der Waals surface area (Å²) in [5, 5.41) is 5.64. The van der Waals surface area contributed by atoms with Gasteiger partial charge in [0.1, 0.15) is 11.6 Å². The molecule has 0 aliphatic heterocycles. The lowest BCUT2D eigenvalue weighted by atomic mass is 10.1. The maximum atomic E-state index is 13.2. The molecule has 1 heterocycles. The Morgan fingerprint density at radius 3 is 2.86 bits per heavy atom. The number of carbonyl (C=O) groups is 1. The van der Waals surface area contributed by atoms with Crippen molar-refractivity contribution in [3.63, 3.8) is 0 Å². The second-order valence-electron chi connectivity index (χ2n) is 5.13. The molecule has 0 saturated carbocycles. The molecule has 0 bridgehead atoms. The van der Waals surface area contributed by atoms with Crippen molar-refractivity contribution in [1.82, 2.24) is 10.3 Å². The highest BCUT2D eigenvalue weighted by atomic mass is 19.1. The molecule has 0 aliphatic carbocycles. The second-order valence-corrected chi connectivity index (χ2v) is 5.13. The Bertz CT molecular complexity index is 453. The summed E-state index contributed by atoms with van der Waals surface area (Å²) in [7, 11) is 0. The average molecular weight is 297 g/mol. The van der Waals surface area contributed by atoms with Gasteiger partial charge in [-0.3, -0.25) is 4.79 Å². The van der Waals surface area contributed by atoms with E-state index in [1.165, 1.54) is 6.07 Å². The molecule has 6 heteroatoms. The molecule has 118 valence electrons. The molecule has 1 rings (SSSR count). The van der Waals surface area contributed by atoms with Crippen LogP contribution < -0.4 is 10.6 Å². The third kappa shape index (κ3) is 6.53. The number of ether oxygens (including phenoxy) is 1. The quantitative estimate of drug-likeness (QED) is 0.687. The van der Waals surface area contributed by atoms with Crippen molar-refractivity contribution >= 4 is 11.7 Å². The van der Waals surface area contributed by atoms with Gasteiger partial charge < -0.3 is 15.4 Å². The summed E-state index contributed by atoms with van der Waals surface area (Å²) in [5.74, 6) is 0.0955. The average Bonchev–Trinajstić information content (AvgIpc) is 2.44. The number of hydrogen-bond donors (Lipinski definition) is 2. The van der Waals surface area contributed by atoms with Crippen LogP contribution in [0.2, 0.25) is 0 Å². The molecule has 0 unspecified atom stereocenters. The summed E-state index contributed by atoms with van der Waals surface area (Å²) in [6, 6.07) is 1.18. The van der Waals surface area contributed by atoms with Gasteiger partial charge in [0.15, 0.2) is 0 Å². The highest BCUT2D eigenvalue weighted by Crippen LogP contribution is 2.13. The molecule has 1 aromatic rings. The highest BCUT2D eigenvalue weighted by molar-refractivity contribution is 5.98. The van der Waals surface area contributed by atoms with Crippen LogP contribution in [0.15, 0.2) is 12.3 Å². The van der Waals surface area contributed by atoms with Gasteiger partial charge in [-0.1, -0.05) is 13.8 Å². The lowest BCUT2D eigenvalue weighted by Crippen LogP contribution is -2.28. The van der Waals surface area contributed by atoms with Gasteiger partial charge in [-0.15, -0.1) is 0 Å². The highest BCUT2D eigenvalue weighted by Gasteiger charge is 2.13. The first kappa shape index (κ1) is 17.4. The number of nitrogens with zero attached hydrogens (tertiary/aromatic N) is 1. The number of anilines is 1. The van der Waals surface area contributed by atoms with Crippen molar-refractivity contribution < 1.29 is 13.9 Å². The fraction of sp³-hybridized carbons (Fsp3) is 0.600. The molecule has 0 spiro atoms. The lowest BCUT2D eigenvalue weighted by Gasteiger charge is -2.11. The van der Waals surface area contributed by atoms with Crippen LogP contribution in [0.1, 0.15) is 37.6 Å². The van der Waals surface area contributed by atoms with E-state index in [0.717, 1.165) is 12.6 Å². The number of carbonyl (C=O) groups excluding carboxylic acids is 1. The molecule has 0 radical (unpaired) electrons. The van der Waals surface area contributed by atoms with E-state index in [9.17, 15) is 9.18 Å². The molecule has 0 saturated heterocycles. The largest absolute Gasteiger partial charge is 0.380 e. The SMILES string of the molecule is CCNc1ncc(F)cc1C(=O)NCCOCCC(C)C. The first-order valence-corrected chi connectivity index (χ1v) is 7.30. The van der Waals surface area contributed by atoms with Crippen LogP contribution >= 0.6 is 0 Å². The summed E-state index contributed by atoms with van der Waals surface area (Å²) >= 11 is 0. The summed E-state index contributed by atoms with van der Waals surface area (Å²) in [6.45, 7) is 8.26. The Labute approximate surface area is 125 Å². The molecule has 21 heavy (non-hydrogen) atoms. The molecular weight excluding hydrogens is 273 g/mol. The predicted octanol–water partition coefficient (Wildman–Crippen LogP) is 2.45. The Balaban J connectivity index is 2.42. The normalized spacial score (nSPS) is 10.7. The number of rotatable bonds is 9. The minimum absolute atomic E-state index is 0.207. The van der Waals surface area contributed by atoms with E-state index in [1.54, 1.807) is 0 Å². The number of halogens is 1. The Hall–Kier alpha value is -1.69. The van der Waals surface area contributed by atoms with Crippen LogP contribution in [0.25, 0.3) is 0 Å². The summed E-state index contributed by atoms with van der Waals surface area (Å²) in [6.07, 6.45) is 2.08. The Kier molecular flexibility index (Phi) is 7.68. The molecule has 2 N–H and O–H groups in total. The number of pyridine rings is 1. The fourth-order valence-electron chi connectivity index (χ4n) is 1.67. The first-order valence-electron chi connectivity index (χ1n) is 7.30. The fourth-order valence-corrected chi connectivity index (χ4v) is 1.67. The van der Waals surface area contributed by atoms with E-state index in [-0.39, 0.29) is 11.5 Å². The van der Waals surface area contributed by atoms with Crippen LogP contribution in [0.3, 0.4) is 0 Å². The smallest absolute Gasteiger partial charge is 0.255 e. The van der Waals surface area contributed by atoms with E-state index in [2.05, 4.69) is 29.5 Å². The third-order valence-corrected chi connectivity index (χ3v) is 2.81. The van der Waals surface area contributed by atoms with E-state index >= 15 is 0 Å². The van der Waals surface area contributed by atoms with Crippen LogP contribution in [0.5, 0.6) is 0 Å². The Morgan fingerprint density at radius 2 is 2.19 bits per heavy atom. The van der Waals surface area contributed by atoms with E-state index in [1.807, 2.05) is 6.92 Å². The van der Waals surface area contributed by atoms with Crippen molar-refractivity contribution in [2.45, 2.75) is 27.2 Å². The monoisotopic (exact) mass is 297 g/mol. The van der Waals surface area contributed by atoms with Gasteiger partial charge in [0.05, 0.1) is 18.4 Å². The van der Waals surface area contributed by atoms with Gasteiger partial charge in [-0.2, -0.15) is 0 Å². The molecular formula is C15H24FN3O2. The summed E-state index contributed by atoms with van der Waals surface area (Å²) in [5.41, 5.74) is 0.207. The summed E-state index contributed by atoms with van der Waals surface area (Å²) in [4.78, 5) is 15.9. The first-order chi connectivity index (χ1) is 10.0. The molecule has 1 aromatic heterocycles. The van der Waals surface area contributed by atoms with Gasteiger partial charge in [0, 0.05) is 19.7 Å². The van der Waals surface area contributed by atoms with Gasteiger partial charge in [0.2, 0.25) is 0 Å². The molecule has 0 atom stereocenters. The minimum Gasteiger partial charge on any atom is -0.380 e. The number of aromatic nitrogens is 1. The van der Waals surface area contributed by atoms with Crippen LogP contribution in [0.4, 0.5) is 10.2 Å². The lowest BCUT2D eigenvalue weighted by molar-refractivity contribution is 0.0906. The second kappa shape index (κ2) is 9.28. The molecule has 5 nitrogen and oxygen atoms in total. The minimum atomic E-state index is -0.532. The Morgan fingerprint density at radius 1 is 1.43 bits per heavy atom. The van der Waals surface area contributed by atoms with Crippen LogP contribution in [-0.4, -0.2) is 37.2 Å². The van der Waals surface area contributed by atoms with Crippen LogP contribution in [-0.2, 0) is 4.74 Å². The summed E-state index contributed by atoms with van der Waals surface area (Å²) < 4.78 is 18.6. The van der Waals surface area contributed by atoms with Crippen LogP contribution in [0, 0.1) is 11.7 Å². The van der Waals surface area contributed by atoms with E-state index in [4.69, 9.17) is 4.74 Å². The zero-order chi connectivity index (χ0) is 15.7. The molecule has 0 aliphatic rings. The van der Waals surface area contributed by atoms with Gasteiger partial charge in [-0.25, -0.2) is 9.37 Å². The third-order valence-electron chi connectivity index (χ3n) is 2.81. The van der Waals surface area contributed by atoms with E-state index in [0.29, 0.717) is 38.0 Å². The number of hydrogen-bond acceptors (Lipinski definition) is 4. The van der Waals surface area contributed by atoms with Crippen molar-refractivity contribution in [2.24, 2.45) is 5.92 Å². The van der Waals surface area contributed by atoms with Gasteiger partial charge in [0.25, 0.3) is 5.91 Å². The van der Waals surface area contributed by atoms with E-state index < -0.39 is 5.82 Å². The standard InChI is InChI=1S/C15H24FN3O2/c1-4-17-14-13(9-12(16)10-19-14)15(20)18-6-8-21-7-5-11(2)3/h9-11H,4-8H2,1-3H3,(H,17,19)(H,18,20). The van der Waals surface area contributed by atoms with Crippen molar-refractivity contribution in [2.75, 3.05) is 31.6 Å². The maximum absolute atomic E-state index is 13.2. The van der Waals surface area contributed by atoms with Crippen molar-refractivity contribution in [1.29, 1.82) is 0 Å². The zero-order valence-corrected chi connectivity index (χ0v) is 12.9. The maximum Gasteiger partial charge on any atom is 0.255 e. The zero-order valence-electron chi connectivity index (χ0n) is 12.9. The number of nitrogens with one attached hydrogen (secondary N) is 2.